The topological polar surface area (TPSA) is 96.9 Å². The summed E-state index contributed by atoms with van der Waals surface area (Å²) < 4.78 is 54.4. The number of hydrogen-bond acceptors (Lipinski definition) is 9. The lowest BCUT2D eigenvalue weighted by molar-refractivity contribution is -0.0856. The molecule has 1 fully saturated rings. The Balaban J connectivity index is 1.20. The minimum absolute atomic E-state index is 0.0920. The highest BCUT2D eigenvalue weighted by Crippen LogP contribution is 2.33. The van der Waals surface area contributed by atoms with Crippen LogP contribution in [0, 0.1) is 5.82 Å². The Kier molecular flexibility index (Phi) is 13.4. The van der Waals surface area contributed by atoms with Crippen molar-refractivity contribution in [2.24, 2.45) is 0 Å². The van der Waals surface area contributed by atoms with Gasteiger partial charge in [0.1, 0.15) is 17.6 Å². The number of rotatable bonds is 18. The monoisotopic (exact) mass is 663 g/mol. The summed E-state index contributed by atoms with van der Waals surface area (Å²) in [6.07, 6.45) is -0.482. The second-order valence-electron chi connectivity index (χ2n) is 11.8. The lowest BCUT2D eigenvalue weighted by atomic mass is 9.85. The standard InChI is InChI=1S/C38H46FNO8/c1-42-24-30(41)25-48-36-21-40-20-35(47-22-26-18-28-8-4-5-10-32(28)34(19-26)43-2)37(36)27-12-14-31(15-13-27)46-17-7-16-45-23-29-9-6-11-33(39)38(29)44-3/h4-6,8-15,18-19,30,35-37,40-41H,7,16-17,20-25H2,1-3H3/t30?,35-,36+,37+/m0/s1. The smallest absolute Gasteiger partial charge is 0.165 e. The molecule has 1 aliphatic heterocycles. The first-order valence-electron chi connectivity index (χ1n) is 16.3. The lowest BCUT2D eigenvalue weighted by Gasteiger charge is -2.39. The van der Waals surface area contributed by atoms with Crippen molar-refractivity contribution in [1.29, 1.82) is 0 Å². The molecule has 1 heterocycles. The third kappa shape index (κ3) is 9.43. The number of methoxy groups -OCH3 is 3. The molecule has 4 aromatic rings. The summed E-state index contributed by atoms with van der Waals surface area (Å²) in [5.74, 6) is 1.27. The van der Waals surface area contributed by atoms with Gasteiger partial charge in [0.15, 0.2) is 11.6 Å². The molecular formula is C38H46FNO8. The molecule has 1 unspecified atom stereocenters. The van der Waals surface area contributed by atoms with Crippen molar-refractivity contribution in [2.75, 3.05) is 60.8 Å². The number of halogens is 1. The quantitative estimate of drug-likeness (QED) is 0.131. The van der Waals surface area contributed by atoms with Crippen LogP contribution in [0.1, 0.15) is 29.0 Å². The van der Waals surface area contributed by atoms with Gasteiger partial charge in [0.25, 0.3) is 0 Å². The van der Waals surface area contributed by atoms with Crippen molar-refractivity contribution in [3.05, 3.63) is 101 Å². The molecule has 0 bridgehead atoms. The maximum Gasteiger partial charge on any atom is 0.165 e. The minimum atomic E-state index is -0.724. The molecule has 2 N–H and O–H groups in total. The Labute approximate surface area is 281 Å². The average molecular weight is 664 g/mol. The van der Waals surface area contributed by atoms with Crippen molar-refractivity contribution >= 4 is 10.8 Å². The number of benzene rings is 4. The van der Waals surface area contributed by atoms with Crippen LogP contribution in [0.5, 0.6) is 17.2 Å². The van der Waals surface area contributed by atoms with E-state index >= 15 is 0 Å². The van der Waals surface area contributed by atoms with Crippen LogP contribution in [-0.4, -0.2) is 84.3 Å². The van der Waals surface area contributed by atoms with E-state index in [1.165, 1.54) is 13.2 Å². The van der Waals surface area contributed by atoms with Gasteiger partial charge in [-0.3, -0.25) is 0 Å². The van der Waals surface area contributed by atoms with Crippen LogP contribution in [0.2, 0.25) is 0 Å². The second kappa shape index (κ2) is 18.1. The Bertz CT molecular complexity index is 1570. The fourth-order valence-corrected chi connectivity index (χ4v) is 6.10. The summed E-state index contributed by atoms with van der Waals surface area (Å²) in [5, 5.41) is 15.9. The van der Waals surface area contributed by atoms with Crippen molar-refractivity contribution in [2.45, 2.75) is 43.9 Å². The van der Waals surface area contributed by atoms with Gasteiger partial charge in [-0.25, -0.2) is 4.39 Å². The molecule has 0 amide bonds. The van der Waals surface area contributed by atoms with Crippen LogP contribution in [0.25, 0.3) is 10.8 Å². The van der Waals surface area contributed by atoms with Gasteiger partial charge >= 0.3 is 0 Å². The molecule has 0 aliphatic carbocycles. The van der Waals surface area contributed by atoms with Crippen LogP contribution in [0.15, 0.2) is 78.9 Å². The van der Waals surface area contributed by atoms with Crippen LogP contribution in [0.4, 0.5) is 4.39 Å². The maximum absolute atomic E-state index is 13.9. The van der Waals surface area contributed by atoms with Gasteiger partial charge in [0, 0.05) is 43.5 Å². The Morgan fingerprint density at radius 3 is 2.40 bits per heavy atom. The van der Waals surface area contributed by atoms with Crippen molar-refractivity contribution in [3.63, 3.8) is 0 Å². The SMILES string of the molecule is COCC(O)CO[C@@H]1CNC[C@H](OCc2cc(OC)c3ccccc3c2)[C@H]1c1ccc(OCCCOCc2cccc(F)c2OC)cc1. The van der Waals surface area contributed by atoms with E-state index in [2.05, 4.69) is 29.6 Å². The third-order valence-corrected chi connectivity index (χ3v) is 8.40. The Morgan fingerprint density at radius 1 is 0.833 bits per heavy atom. The van der Waals surface area contributed by atoms with E-state index in [1.54, 1.807) is 26.4 Å². The van der Waals surface area contributed by atoms with Crippen LogP contribution < -0.4 is 19.5 Å². The van der Waals surface area contributed by atoms with E-state index in [0.29, 0.717) is 44.9 Å². The molecule has 10 heteroatoms. The van der Waals surface area contributed by atoms with E-state index < -0.39 is 11.9 Å². The van der Waals surface area contributed by atoms with Crippen molar-refractivity contribution in [1.82, 2.24) is 5.32 Å². The molecule has 1 aliphatic rings. The van der Waals surface area contributed by atoms with E-state index in [0.717, 1.165) is 33.4 Å². The van der Waals surface area contributed by atoms with Crippen molar-refractivity contribution in [3.8, 4) is 17.2 Å². The Morgan fingerprint density at radius 2 is 1.62 bits per heavy atom. The van der Waals surface area contributed by atoms with Crippen LogP contribution in [-0.2, 0) is 32.2 Å². The number of nitrogens with one attached hydrogen (secondary N) is 1. The van der Waals surface area contributed by atoms with Gasteiger partial charge in [-0.2, -0.15) is 0 Å². The van der Waals surface area contributed by atoms with Gasteiger partial charge < -0.3 is 43.6 Å². The number of hydrogen-bond donors (Lipinski definition) is 2. The highest BCUT2D eigenvalue weighted by molar-refractivity contribution is 5.89. The zero-order valence-electron chi connectivity index (χ0n) is 27.9. The largest absolute Gasteiger partial charge is 0.496 e. The van der Waals surface area contributed by atoms with Gasteiger partial charge in [-0.1, -0.05) is 48.5 Å². The van der Waals surface area contributed by atoms with Crippen LogP contribution in [0.3, 0.4) is 0 Å². The Hall–Kier alpha value is -3.77. The first-order chi connectivity index (χ1) is 23.5. The molecule has 258 valence electrons. The fourth-order valence-electron chi connectivity index (χ4n) is 6.10. The van der Waals surface area contributed by atoms with Gasteiger partial charge in [-0.05, 0) is 46.8 Å². The zero-order chi connectivity index (χ0) is 33.7. The van der Waals surface area contributed by atoms with E-state index in [4.69, 9.17) is 33.2 Å². The number of aliphatic hydroxyl groups is 1. The summed E-state index contributed by atoms with van der Waals surface area (Å²) in [7, 11) is 4.69. The number of para-hydroxylation sites is 1. The van der Waals surface area contributed by atoms with Gasteiger partial charge in [-0.15, -0.1) is 0 Å². The fraction of sp³-hybridized carbons (Fsp3) is 0.421. The summed E-state index contributed by atoms with van der Waals surface area (Å²) in [5.41, 5.74) is 2.75. The molecular weight excluding hydrogens is 617 g/mol. The number of fused-ring (bicyclic) bond motifs is 1. The maximum atomic E-state index is 13.9. The normalized spacial score (nSPS) is 18.5. The summed E-state index contributed by atoms with van der Waals surface area (Å²) in [6, 6.07) is 25.1. The molecule has 0 radical (unpaired) electrons. The predicted molar refractivity (Wildman–Crippen MR) is 181 cm³/mol. The highest BCUT2D eigenvalue weighted by Gasteiger charge is 2.36. The summed E-state index contributed by atoms with van der Waals surface area (Å²) in [6.45, 7) is 3.21. The van der Waals surface area contributed by atoms with E-state index in [1.807, 2.05) is 36.4 Å². The minimum Gasteiger partial charge on any atom is -0.496 e. The number of aliphatic hydroxyl groups excluding tert-OH is 1. The average Bonchev–Trinajstić information content (AvgIpc) is 3.11. The lowest BCUT2D eigenvalue weighted by Crippen LogP contribution is -2.51. The molecule has 4 aromatic carbocycles. The highest BCUT2D eigenvalue weighted by atomic mass is 19.1. The number of ether oxygens (including phenoxy) is 7. The zero-order valence-corrected chi connectivity index (χ0v) is 27.9. The molecule has 1 saturated heterocycles. The molecule has 48 heavy (non-hydrogen) atoms. The van der Waals surface area contributed by atoms with Gasteiger partial charge in [0.2, 0.25) is 0 Å². The van der Waals surface area contributed by atoms with E-state index in [-0.39, 0.29) is 43.7 Å². The van der Waals surface area contributed by atoms with Crippen LogP contribution >= 0.6 is 0 Å². The van der Waals surface area contributed by atoms with Crippen molar-refractivity contribution < 1.29 is 42.7 Å². The predicted octanol–water partition coefficient (Wildman–Crippen LogP) is 5.65. The van der Waals surface area contributed by atoms with E-state index in [9.17, 15) is 9.50 Å². The molecule has 0 spiro atoms. The first kappa shape index (κ1) is 35.5. The molecule has 5 rings (SSSR count). The summed E-state index contributed by atoms with van der Waals surface area (Å²) >= 11 is 0. The number of piperidine rings is 1. The molecule has 0 aromatic heterocycles. The molecule has 4 atom stereocenters. The molecule has 9 nitrogen and oxygen atoms in total. The second-order valence-corrected chi connectivity index (χ2v) is 11.8. The third-order valence-electron chi connectivity index (χ3n) is 8.40. The molecule has 0 saturated carbocycles. The first-order valence-corrected chi connectivity index (χ1v) is 16.3. The van der Waals surface area contributed by atoms with Gasteiger partial charge in [0.05, 0.1) is 66.1 Å². The summed E-state index contributed by atoms with van der Waals surface area (Å²) in [4.78, 5) is 0.